The predicted octanol–water partition coefficient (Wildman–Crippen LogP) is 2.23. The highest BCUT2D eigenvalue weighted by molar-refractivity contribution is 7.87. The highest BCUT2D eigenvalue weighted by Gasteiger charge is 2.46. The van der Waals surface area contributed by atoms with Crippen molar-refractivity contribution in [3.05, 3.63) is 34.9 Å². The number of amides is 1. The number of ether oxygens (including phenoxy) is 1. The lowest BCUT2D eigenvalue weighted by Gasteiger charge is -2.24. The van der Waals surface area contributed by atoms with E-state index < -0.39 is 28.5 Å². The molecule has 1 heterocycles. The molecule has 0 saturated carbocycles. The number of hydrogen-bond donors (Lipinski definition) is 1. The molecule has 1 aromatic rings. The second-order valence-corrected chi connectivity index (χ2v) is 6.40. The Hall–Kier alpha value is -1.52. The van der Waals surface area contributed by atoms with E-state index in [1.807, 2.05) is 0 Å². The number of nitrogens with zero attached hydrogens (tertiary/aromatic N) is 1. The van der Waals surface area contributed by atoms with Gasteiger partial charge in [-0.15, -0.1) is 0 Å². The number of benzene rings is 1. The van der Waals surface area contributed by atoms with Crippen LogP contribution in [-0.4, -0.2) is 38.1 Å². The van der Waals surface area contributed by atoms with Crippen molar-refractivity contribution in [3.63, 3.8) is 0 Å². The minimum absolute atomic E-state index is 0.204. The first-order valence-electron chi connectivity index (χ1n) is 5.90. The fourth-order valence-corrected chi connectivity index (χ4v) is 3.17. The monoisotopic (exact) mass is 358 g/mol. The first kappa shape index (κ1) is 16.8. The van der Waals surface area contributed by atoms with Gasteiger partial charge in [-0.05, 0) is 17.7 Å². The quantitative estimate of drug-likeness (QED) is 0.895. The van der Waals surface area contributed by atoms with Crippen molar-refractivity contribution < 1.29 is 31.1 Å². The van der Waals surface area contributed by atoms with Gasteiger partial charge in [-0.1, -0.05) is 23.7 Å². The van der Waals surface area contributed by atoms with Gasteiger partial charge in [0.2, 0.25) is 0 Å². The second-order valence-electron chi connectivity index (χ2n) is 4.34. The maximum absolute atomic E-state index is 13.1. The lowest BCUT2D eigenvalue weighted by molar-refractivity contribution is -0.153. The van der Waals surface area contributed by atoms with Gasteiger partial charge in [0.15, 0.2) is 0 Å². The molecule has 1 fully saturated rings. The van der Waals surface area contributed by atoms with E-state index in [2.05, 4.69) is 4.74 Å². The highest BCUT2D eigenvalue weighted by Crippen LogP contribution is 2.34. The van der Waals surface area contributed by atoms with E-state index in [-0.39, 0.29) is 28.0 Å². The van der Waals surface area contributed by atoms with Crippen LogP contribution >= 0.6 is 11.6 Å². The summed E-state index contributed by atoms with van der Waals surface area (Å²) in [4.78, 5) is 11.2. The number of alkyl halides is 3. The van der Waals surface area contributed by atoms with Crippen LogP contribution in [0.4, 0.5) is 18.0 Å². The van der Waals surface area contributed by atoms with E-state index in [0.29, 0.717) is 0 Å². The molecule has 11 heteroatoms. The molecule has 1 N–H and O–H groups in total. The Kier molecular flexibility index (Phi) is 4.54. The maximum atomic E-state index is 13.1. The number of rotatable bonds is 4. The molecule has 1 aromatic carbocycles. The Balaban J connectivity index is 2.31. The minimum Gasteiger partial charge on any atom is -0.447 e. The molecule has 0 aromatic heterocycles. The number of carbonyl (C=O) groups is 1. The summed E-state index contributed by atoms with van der Waals surface area (Å²) in [5.74, 6) is 0. The SMILES string of the molecule is O=C1OCCN1S(=O)(=O)NC(c1ccc(Cl)cc1)C(F)(F)F. The molecule has 0 spiro atoms. The third-order valence-electron chi connectivity index (χ3n) is 2.81. The number of hydrogen-bond acceptors (Lipinski definition) is 4. The van der Waals surface area contributed by atoms with Crippen molar-refractivity contribution in [3.8, 4) is 0 Å². The Bertz CT molecular complexity index is 663. The van der Waals surface area contributed by atoms with Gasteiger partial charge in [-0.25, -0.2) is 4.79 Å². The van der Waals surface area contributed by atoms with E-state index in [1.165, 1.54) is 16.9 Å². The fraction of sp³-hybridized carbons (Fsp3) is 0.364. The van der Waals surface area contributed by atoms with E-state index in [1.54, 1.807) is 0 Å². The van der Waals surface area contributed by atoms with Gasteiger partial charge in [0.25, 0.3) is 0 Å². The van der Waals surface area contributed by atoms with Crippen LogP contribution in [0.25, 0.3) is 0 Å². The third-order valence-corrected chi connectivity index (χ3v) is 4.51. The zero-order valence-corrected chi connectivity index (χ0v) is 12.4. The molecule has 1 aliphatic heterocycles. The molecule has 1 aliphatic rings. The van der Waals surface area contributed by atoms with E-state index in [9.17, 15) is 26.4 Å². The summed E-state index contributed by atoms with van der Waals surface area (Å²) < 4.78 is 69.3. The van der Waals surface area contributed by atoms with Crippen LogP contribution in [0, 0.1) is 0 Å². The standard InChI is InChI=1S/C11H10ClF3N2O4S/c12-8-3-1-7(2-4-8)9(11(13,14)15)16-22(19,20)17-5-6-21-10(17)18/h1-4,9,16H,5-6H2. The topological polar surface area (TPSA) is 75.7 Å². The molecule has 6 nitrogen and oxygen atoms in total. The van der Waals surface area contributed by atoms with Crippen molar-refractivity contribution in [1.82, 2.24) is 9.03 Å². The largest absolute Gasteiger partial charge is 0.447 e. The molecular formula is C11H10ClF3N2O4S. The zero-order valence-electron chi connectivity index (χ0n) is 10.8. The molecule has 1 amide bonds. The number of halogens is 4. The smallest absolute Gasteiger partial charge is 0.424 e. The molecule has 1 saturated heterocycles. The lowest BCUT2D eigenvalue weighted by Crippen LogP contribution is -2.46. The Morgan fingerprint density at radius 1 is 1.27 bits per heavy atom. The summed E-state index contributed by atoms with van der Waals surface area (Å²) in [5.41, 5.74) is -0.354. The first-order chi connectivity index (χ1) is 10.1. The molecule has 0 aliphatic carbocycles. The Morgan fingerprint density at radius 2 is 1.86 bits per heavy atom. The van der Waals surface area contributed by atoms with Crippen molar-refractivity contribution in [1.29, 1.82) is 0 Å². The van der Waals surface area contributed by atoms with Crippen LogP contribution in [0.1, 0.15) is 11.6 Å². The van der Waals surface area contributed by atoms with Crippen molar-refractivity contribution in [2.45, 2.75) is 12.2 Å². The molecule has 122 valence electrons. The summed E-state index contributed by atoms with van der Waals surface area (Å²) in [5, 5.41) is 0.204. The van der Waals surface area contributed by atoms with Gasteiger partial charge >= 0.3 is 22.5 Å². The summed E-state index contributed by atoms with van der Waals surface area (Å²) >= 11 is 5.60. The van der Waals surface area contributed by atoms with Crippen LogP contribution in [0.3, 0.4) is 0 Å². The Labute approximate surface area is 129 Å². The highest BCUT2D eigenvalue weighted by atomic mass is 35.5. The van der Waals surface area contributed by atoms with E-state index in [4.69, 9.17) is 11.6 Å². The maximum Gasteiger partial charge on any atom is 0.424 e. The average molecular weight is 359 g/mol. The summed E-state index contributed by atoms with van der Waals surface area (Å²) in [7, 11) is -4.69. The lowest BCUT2D eigenvalue weighted by atomic mass is 10.1. The number of cyclic esters (lactones) is 1. The fourth-order valence-electron chi connectivity index (χ4n) is 1.79. The number of carbonyl (C=O) groups excluding carboxylic acids is 1. The van der Waals surface area contributed by atoms with E-state index in [0.717, 1.165) is 12.1 Å². The summed E-state index contributed by atoms with van der Waals surface area (Å²) in [6.45, 7) is -0.559. The molecule has 1 unspecified atom stereocenters. The molecule has 0 bridgehead atoms. The molecular weight excluding hydrogens is 349 g/mol. The van der Waals surface area contributed by atoms with Crippen molar-refractivity contribution in [2.24, 2.45) is 0 Å². The average Bonchev–Trinajstić information content (AvgIpc) is 2.83. The second kappa shape index (κ2) is 5.94. The Morgan fingerprint density at radius 3 is 2.32 bits per heavy atom. The van der Waals surface area contributed by atoms with Crippen molar-refractivity contribution in [2.75, 3.05) is 13.2 Å². The first-order valence-corrected chi connectivity index (χ1v) is 7.72. The zero-order chi connectivity index (χ0) is 16.5. The van der Waals surface area contributed by atoms with Crippen LogP contribution in [0.5, 0.6) is 0 Å². The molecule has 1 atom stereocenters. The number of nitrogens with one attached hydrogen (secondary N) is 1. The van der Waals surface area contributed by atoms with Gasteiger partial charge in [-0.3, -0.25) is 0 Å². The predicted molar refractivity (Wildman–Crippen MR) is 70.4 cm³/mol. The third kappa shape index (κ3) is 3.62. The molecule has 2 rings (SSSR count). The van der Waals surface area contributed by atoms with Gasteiger partial charge in [0, 0.05) is 5.02 Å². The minimum atomic E-state index is -4.90. The van der Waals surface area contributed by atoms with Crippen LogP contribution in [0.2, 0.25) is 5.02 Å². The summed E-state index contributed by atoms with van der Waals surface area (Å²) in [6.07, 6.45) is -6.12. The molecule has 0 radical (unpaired) electrons. The van der Waals surface area contributed by atoms with E-state index >= 15 is 0 Å². The normalized spacial score (nSPS) is 17.5. The molecule has 22 heavy (non-hydrogen) atoms. The van der Waals surface area contributed by atoms with Gasteiger partial charge in [-0.2, -0.15) is 30.6 Å². The van der Waals surface area contributed by atoms with Crippen molar-refractivity contribution >= 4 is 27.9 Å². The van der Waals surface area contributed by atoms with Crippen LogP contribution < -0.4 is 4.72 Å². The summed E-state index contributed by atoms with van der Waals surface area (Å²) in [6, 6.07) is 1.99. The van der Waals surface area contributed by atoms with Gasteiger partial charge in [0.05, 0.1) is 6.54 Å². The van der Waals surface area contributed by atoms with Gasteiger partial charge in [0.1, 0.15) is 12.6 Å². The van der Waals surface area contributed by atoms with Gasteiger partial charge < -0.3 is 4.74 Å². The van der Waals surface area contributed by atoms with Crippen LogP contribution in [-0.2, 0) is 14.9 Å². The van der Waals surface area contributed by atoms with Crippen LogP contribution in [0.15, 0.2) is 24.3 Å².